The zero-order valence-corrected chi connectivity index (χ0v) is 18.5. The van der Waals surface area contributed by atoms with E-state index in [1.807, 2.05) is 11.0 Å². The summed E-state index contributed by atoms with van der Waals surface area (Å²) >= 11 is 0. The average molecular weight is 474 g/mol. The van der Waals surface area contributed by atoms with Gasteiger partial charge in [-0.15, -0.1) is 0 Å². The number of aliphatic hydroxyl groups excluding tert-OH is 1. The molecule has 0 unspecified atom stereocenters. The number of aliphatic hydroxyl groups is 1. The molecule has 2 aromatic rings. The lowest BCUT2D eigenvalue weighted by Gasteiger charge is -2.46. The number of nitrogens with one attached hydrogen (secondary N) is 1. The van der Waals surface area contributed by atoms with Crippen molar-refractivity contribution in [2.45, 2.75) is 37.5 Å². The van der Waals surface area contributed by atoms with Gasteiger partial charge in [0, 0.05) is 24.6 Å². The van der Waals surface area contributed by atoms with Crippen LogP contribution in [0.1, 0.15) is 36.8 Å². The lowest BCUT2D eigenvalue weighted by atomic mass is 9.72. The molecule has 0 saturated heterocycles. The van der Waals surface area contributed by atoms with Crippen LogP contribution < -0.4 is 19.7 Å². The summed E-state index contributed by atoms with van der Waals surface area (Å²) in [6.07, 6.45) is -0.147. The maximum atomic E-state index is 13.2. The quantitative estimate of drug-likeness (QED) is 0.633. The van der Waals surface area contributed by atoms with Crippen LogP contribution in [0.25, 0.3) is 5.57 Å². The molecule has 2 N–H and O–H groups in total. The number of hydrogen-bond acceptors (Lipinski definition) is 5. The number of para-hydroxylation sites is 1. The maximum Gasteiger partial charge on any atom is 0.416 e. The monoisotopic (exact) mass is 474 g/mol. The second kappa shape index (κ2) is 8.54. The van der Waals surface area contributed by atoms with E-state index in [2.05, 4.69) is 5.32 Å². The van der Waals surface area contributed by atoms with E-state index in [9.17, 15) is 23.1 Å². The number of carbonyl (C=O) groups is 1. The van der Waals surface area contributed by atoms with Crippen LogP contribution in [0.4, 0.5) is 24.5 Å². The molecule has 1 spiro atoms. The summed E-state index contributed by atoms with van der Waals surface area (Å²) in [4.78, 5) is 15.0. The number of anilines is 2. The molecule has 2 aliphatic heterocycles. The minimum absolute atomic E-state index is 0.00140. The van der Waals surface area contributed by atoms with E-state index in [-0.39, 0.29) is 12.4 Å². The molecule has 0 bridgehead atoms. The summed E-state index contributed by atoms with van der Waals surface area (Å²) in [7, 11) is 0. The zero-order chi connectivity index (χ0) is 23.9. The number of fused-ring (bicyclic) bond motifs is 2. The molecule has 9 heteroatoms. The first-order valence-corrected chi connectivity index (χ1v) is 11.3. The van der Waals surface area contributed by atoms with Gasteiger partial charge >= 0.3 is 6.18 Å². The minimum atomic E-state index is -4.47. The summed E-state index contributed by atoms with van der Waals surface area (Å²) in [5.74, 6) is 0.306. The highest BCUT2D eigenvalue weighted by atomic mass is 19.4. The normalized spacial score (nSPS) is 19.5. The predicted octanol–water partition coefficient (Wildman–Crippen LogP) is 4.62. The van der Waals surface area contributed by atoms with Gasteiger partial charge in [0.15, 0.2) is 5.75 Å². The lowest BCUT2D eigenvalue weighted by Crippen LogP contribution is -2.45. The third kappa shape index (κ3) is 4.20. The number of benzene rings is 2. The van der Waals surface area contributed by atoms with Crippen LogP contribution in [0.15, 0.2) is 42.5 Å². The van der Waals surface area contributed by atoms with Gasteiger partial charge in [0.1, 0.15) is 18.0 Å². The molecule has 0 aromatic heterocycles. The number of β-amino-alcohol motifs (C(OH)–C–C–N with tert-alkyl or cyclic N) is 1. The largest absolute Gasteiger partial charge is 0.487 e. The lowest BCUT2D eigenvalue weighted by molar-refractivity contribution is -0.138. The molecular weight excluding hydrogens is 449 g/mol. The van der Waals surface area contributed by atoms with Gasteiger partial charge in [-0.25, -0.2) is 0 Å². The maximum absolute atomic E-state index is 13.2. The van der Waals surface area contributed by atoms with Crippen LogP contribution >= 0.6 is 0 Å². The average Bonchev–Trinajstić information content (AvgIpc) is 2.77. The smallest absolute Gasteiger partial charge is 0.416 e. The van der Waals surface area contributed by atoms with Crippen molar-refractivity contribution in [1.29, 1.82) is 0 Å². The van der Waals surface area contributed by atoms with Crippen LogP contribution in [0.2, 0.25) is 0 Å². The molecule has 6 nitrogen and oxygen atoms in total. The van der Waals surface area contributed by atoms with Crippen LogP contribution in [0.3, 0.4) is 0 Å². The number of ether oxygens (including phenoxy) is 2. The summed E-state index contributed by atoms with van der Waals surface area (Å²) < 4.78 is 51.5. The zero-order valence-electron chi connectivity index (χ0n) is 18.5. The molecule has 3 aliphatic rings. The van der Waals surface area contributed by atoms with Gasteiger partial charge in [0.05, 0.1) is 30.1 Å². The SMILES string of the molecule is O=C(/C=C1\CC2(CCC2)Oc2cc(C(F)(F)F)ccc21)Nc1cccc2c1OCCN2CCO. The third-order valence-corrected chi connectivity index (χ3v) is 6.63. The van der Waals surface area contributed by atoms with Crippen molar-refractivity contribution in [3.63, 3.8) is 0 Å². The van der Waals surface area contributed by atoms with E-state index < -0.39 is 23.2 Å². The standard InChI is InChI=1S/C25H25F3N2O4/c26-25(27,28)17-5-6-18-16(15-24(7-2-8-24)34-21(18)14-17)13-22(32)29-19-3-1-4-20-23(19)33-12-10-30(20)9-11-31/h1,3-6,13-14,31H,2,7-12,15H2,(H,29,32)/b16-13+. The Kier molecular flexibility index (Phi) is 5.67. The van der Waals surface area contributed by atoms with Gasteiger partial charge in [-0.2, -0.15) is 13.2 Å². The number of carbonyl (C=O) groups excluding carboxylic acids is 1. The van der Waals surface area contributed by atoms with Crippen molar-refractivity contribution in [3.05, 3.63) is 53.6 Å². The molecule has 0 radical (unpaired) electrons. The van der Waals surface area contributed by atoms with Gasteiger partial charge in [-0.1, -0.05) is 12.1 Å². The first-order valence-electron chi connectivity index (χ1n) is 11.3. The van der Waals surface area contributed by atoms with E-state index in [1.165, 1.54) is 12.1 Å². The molecule has 1 amide bonds. The summed E-state index contributed by atoms with van der Waals surface area (Å²) in [6, 6.07) is 8.82. The second-order valence-electron chi connectivity index (χ2n) is 8.90. The molecular formula is C25H25F3N2O4. The molecule has 5 rings (SSSR count). The van der Waals surface area contributed by atoms with Crippen molar-refractivity contribution >= 4 is 22.9 Å². The first kappa shape index (κ1) is 22.6. The van der Waals surface area contributed by atoms with E-state index in [1.54, 1.807) is 12.1 Å². The van der Waals surface area contributed by atoms with E-state index in [0.717, 1.165) is 37.1 Å². The molecule has 2 aromatic carbocycles. The van der Waals surface area contributed by atoms with Gasteiger partial charge in [0.25, 0.3) is 0 Å². The molecule has 34 heavy (non-hydrogen) atoms. The summed E-state index contributed by atoms with van der Waals surface area (Å²) in [5.41, 5.74) is 1.12. The Morgan fingerprint density at radius 2 is 2.06 bits per heavy atom. The Bertz CT molecular complexity index is 1140. The van der Waals surface area contributed by atoms with Crippen molar-refractivity contribution in [2.75, 3.05) is 36.5 Å². The van der Waals surface area contributed by atoms with Gasteiger partial charge < -0.3 is 24.8 Å². The van der Waals surface area contributed by atoms with Crippen LogP contribution in [-0.2, 0) is 11.0 Å². The number of alkyl halides is 3. The fourth-order valence-corrected chi connectivity index (χ4v) is 4.82. The number of hydrogen-bond donors (Lipinski definition) is 2. The Labute approximate surface area is 195 Å². The Morgan fingerprint density at radius 3 is 2.76 bits per heavy atom. The Balaban J connectivity index is 1.44. The number of nitrogens with zero attached hydrogens (tertiary/aromatic N) is 1. The van der Waals surface area contributed by atoms with Crippen LogP contribution in [-0.4, -0.2) is 42.9 Å². The van der Waals surface area contributed by atoms with Crippen molar-refractivity contribution in [2.24, 2.45) is 0 Å². The van der Waals surface area contributed by atoms with Gasteiger partial charge in [-0.05, 0) is 49.1 Å². The summed E-state index contributed by atoms with van der Waals surface area (Å²) in [6.45, 7) is 1.52. The van der Waals surface area contributed by atoms with E-state index in [0.29, 0.717) is 48.7 Å². The van der Waals surface area contributed by atoms with Gasteiger partial charge in [-0.3, -0.25) is 4.79 Å². The summed E-state index contributed by atoms with van der Waals surface area (Å²) in [5, 5.41) is 12.2. The van der Waals surface area contributed by atoms with Crippen LogP contribution in [0, 0.1) is 0 Å². The molecule has 1 aliphatic carbocycles. The molecule has 0 atom stereocenters. The van der Waals surface area contributed by atoms with Crippen molar-refractivity contribution < 1.29 is 32.5 Å². The number of amides is 1. The van der Waals surface area contributed by atoms with E-state index >= 15 is 0 Å². The highest BCUT2D eigenvalue weighted by molar-refractivity contribution is 6.06. The fourth-order valence-electron chi connectivity index (χ4n) is 4.82. The topological polar surface area (TPSA) is 71.0 Å². The van der Waals surface area contributed by atoms with Crippen molar-refractivity contribution in [1.82, 2.24) is 0 Å². The highest BCUT2D eigenvalue weighted by Gasteiger charge is 2.44. The molecule has 1 fully saturated rings. The van der Waals surface area contributed by atoms with Crippen LogP contribution in [0.5, 0.6) is 11.5 Å². The molecule has 1 saturated carbocycles. The number of halogens is 3. The van der Waals surface area contributed by atoms with Gasteiger partial charge in [0.2, 0.25) is 5.91 Å². The number of rotatable bonds is 4. The third-order valence-electron chi connectivity index (χ3n) is 6.63. The first-order chi connectivity index (χ1) is 16.3. The predicted molar refractivity (Wildman–Crippen MR) is 121 cm³/mol. The Morgan fingerprint density at radius 1 is 1.24 bits per heavy atom. The molecule has 2 heterocycles. The fraction of sp³-hybridized carbons (Fsp3) is 0.400. The minimum Gasteiger partial charge on any atom is -0.487 e. The second-order valence-corrected chi connectivity index (χ2v) is 8.90. The molecule has 180 valence electrons. The van der Waals surface area contributed by atoms with Crippen molar-refractivity contribution in [3.8, 4) is 11.5 Å². The van der Waals surface area contributed by atoms with E-state index in [4.69, 9.17) is 9.47 Å². The highest BCUT2D eigenvalue weighted by Crippen LogP contribution is 2.50. The Hall–Kier alpha value is -3.20.